The molecule has 0 aliphatic rings. The van der Waals surface area contributed by atoms with Crippen molar-refractivity contribution in [1.29, 1.82) is 0 Å². The van der Waals surface area contributed by atoms with Crippen molar-refractivity contribution >= 4 is 28.9 Å². The van der Waals surface area contributed by atoms with E-state index in [1.165, 1.54) is 5.56 Å². The van der Waals surface area contributed by atoms with E-state index in [0.29, 0.717) is 0 Å². The maximum Gasteiger partial charge on any atom is 0.135 e. The summed E-state index contributed by atoms with van der Waals surface area (Å²) in [5.74, 6) is 1.53. The minimum atomic E-state index is 0.732. The molecule has 0 bridgehead atoms. The van der Waals surface area contributed by atoms with Crippen molar-refractivity contribution in [2.24, 2.45) is 0 Å². The third-order valence-corrected chi connectivity index (χ3v) is 4.17. The maximum absolute atomic E-state index is 6.15. The molecule has 0 saturated carbocycles. The second kappa shape index (κ2) is 7.79. The van der Waals surface area contributed by atoms with Crippen LogP contribution in [0.5, 0.6) is 0 Å². The van der Waals surface area contributed by atoms with Gasteiger partial charge in [0.25, 0.3) is 0 Å². The average molecular weight is 339 g/mol. The molecule has 2 aromatic carbocycles. The molecule has 0 amide bonds. The van der Waals surface area contributed by atoms with Gasteiger partial charge in [-0.05, 0) is 36.6 Å². The van der Waals surface area contributed by atoms with Crippen LogP contribution < -0.4 is 10.6 Å². The van der Waals surface area contributed by atoms with Gasteiger partial charge in [-0.25, -0.2) is 9.97 Å². The summed E-state index contributed by atoms with van der Waals surface area (Å²) in [4.78, 5) is 8.53. The highest BCUT2D eigenvalue weighted by Crippen LogP contribution is 2.25. The second-order valence-electron chi connectivity index (χ2n) is 5.49. The number of rotatable bonds is 6. The molecular weight excluding hydrogens is 320 g/mol. The summed E-state index contributed by atoms with van der Waals surface area (Å²) in [6, 6.07) is 18.0. The predicted octanol–water partition coefficient (Wildman–Crippen LogP) is 4.84. The van der Waals surface area contributed by atoms with Crippen LogP contribution >= 0.6 is 11.6 Å². The fraction of sp³-hybridized carbons (Fsp3) is 0.158. The van der Waals surface area contributed by atoms with Gasteiger partial charge in [0.05, 0.1) is 0 Å². The van der Waals surface area contributed by atoms with Gasteiger partial charge in [0.1, 0.15) is 18.0 Å². The molecule has 3 rings (SSSR count). The first-order valence-electron chi connectivity index (χ1n) is 7.84. The van der Waals surface area contributed by atoms with E-state index in [9.17, 15) is 0 Å². The summed E-state index contributed by atoms with van der Waals surface area (Å²) >= 11 is 6.15. The Labute approximate surface area is 146 Å². The molecule has 0 fully saturated rings. The Morgan fingerprint density at radius 3 is 2.58 bits per heavy atom. The van der Waals surface area contributed by atoms with E-state index in [2.05, 4.69) is 44.9 Å². The number of nitrogens with zero attached hydrogens (tertiary/aromatic N) is 2. The fourth-order valence-electron chi connectivity index (χ4n) is 2.38. The van der Waals surface area contributed by atoms with E-state index < -0.39 is 0 Å². The molecule has 0 aliphatic carbocycles. The van der Waals surface area contributed by atoms with Crippen molar-refractivity contribution in [2.75, 3.05) is 17.2 Å². The summed E-state index contributed by atoms with van der Waals surface area (Å²) in [5, 5.41) is 7.35. The van der Waals surface area contributed by atoms with Gasteiger partial charge in [-0.15, -0.1) is 0 Å². The molecule has 0 unspecified atom stereocenters. The van der Waals surface area contributed by atoms with Crippen molar-refractivity contribution in [3.05, 3.63) is 77.1 Å². The number of benzene rings is 2. The summed E-state index contributed by atoms with van der Waals surface area (Å²) in [7, 11) is 0. The summed E-state index contributed by atoms with van der Waals surface area (Å²) in [5.41, 5.74) is 3.24. The molecule has 2 N–H and O–H groups in total. The first kappa shape index (κ1) is 16.3. The summed E-state index contributed by atoms with van der Waals surface area (Å²) in [6.07, 6.45) is 2.49. The smallest absolute Gasteiger partial charge is 0.135 e. The number of nitrogens with one attached hydrogen (secondary N) is 2. The Bertz CT molecular complexity index is 805. The molecule has 5 heteroatoms. The number of halogens is 1. The van der Waals surface area contributed by atoms with Gasteiger partial charge >= 0.3 is 0 Å². The van der Waals surface area contributed by atoms with Gasteiger partial charge in [-0.2, -0.15) is 0 Å². The lowest BCUT2D eigenvalue weighted by Crippen LogP contribution is -2.07. The van der Waals surface area contributed by atoms with Gasteiger partial charge in [0.15, 0.2) is 0 Å². The molecule has 122 valence electrons. The van der Waals surface area contributed by atoms with Gasteiger partial charge < -0.3 is 10.6 Å². The molecular formula is C19H19ClN4. The zero-order valence-electron chi connectivity index (χ0n) is 13.5. The highest BCUT2D eigenvalue weighted by atomic mass is 35.5. The van der Waals surface area contributed by atoms with E-state index in [-0.39, 0.29) is 0 Å². The molecule has 0 spiro atoms. The van der Waals surface area contributed by atoms with Crippen LogP contribution in [0.1, 0.15) is 11.1 Å². The Hall–Kier alpha value is -2.59. The van der Waals surface area contributed by atoms with E-state index in [0.717, 1.165) is 40.9 Å². The average Bonchev–Trinajstić information content (AvgIpc) is 2.60. The van der Waals surface area contributed by atoms with Crippen LogP contribution in [-0.4, -0.2) is 16.5 Å². The molecule has 0 saturated heterocycles. The minimum absolute atomic E-state index is 0.732. The summed E-state index contributed by atoms with van der Waals surface area (Å²) < 4.78 is 0. The minimum Gasteiger partial charge on any atom is -0.370 e. The molecule has 0 aliphatic heterocycles. The quantitative estimate of drug-likeness (QED) is 0.675. The van der Waals surface area contributed by atoms with E-state index in [1.54, 1.807) is 6.33 Å². The predicted molar refractivity (Wildman–Crippen MR) is 100 cm³/mol. The van der Waals surface area contributed by atoms with Crippen molar-refractivity contribution in [2.45, 2.75) is 13.3 Å². The van der Waals surface area contributed by atoms with Crippen LogP contribution in [0, 0.1) is 6.92 Å². The van der Waals surface area contributed by atoms with E-state index >= 15 is 0 Å². The van der Waals surface area contributed by atoms with E-state index in [1.807, 2.05) is 37.3 Å². The summed E-state index contributed by atoms with van der Waals surface area (Å²) in [6.45, 7) is 2.79. The second-order valence-corrected chi connectivity index (χ2v) is 5.90. The topological polar surface area (TPSA) is 49.8 Å². The molecule has 0 atom stereocenters. The Kier molecular flexibility index (Phi) is 5.29. The SMILES string of the molecule is Cc1c(Cl)cccc1Nc1cc(NCCc2ccccc2)ncn1. The number of anilines is 3. The third kappa shape index (κ3) is 4.24. The van der Waals surface area contributed by atoms with Crippen LogP contribution in [0.4, 0.5) is 17.3 Å². The van der Waals surface area contributed by atoms with Crippen LogP contribution in [0.25, 0.3) is 0 Å². The van der Waals surface area contributed by atoms with Crippen LogP contribution in [0.15, 0.2) is 60.9 Å². The molecule has 3 aromatic rings. The fourth-order valence-corrected chi connectivity index (χ4v) is 2.56. The van der Waals surface area contributed by atoms with Crippen molar-refractivity contribution in [1.82, 2.24) is 9.97 Å². The third-order valence-electron chi connectivity index (χ3n) is 3.76. The van der Waals surface area contributed by atoms with Crippen molar-refractivity contribution in [3.8, 4) is 0 Å². The van der Waals surface area contributed by atoms with Gasteiger partial charge in [-0.3, -0.25) is 0 Å². The van der Waals surface area contributed by atoms with Gasteiger partial charge in [0, 0.05) is 23.3 Å². The lowest BCUT2D eigenvalue weighted by molar-refractivity contribution is 1.000. The molecule has 1 aromatic heterocycles. The zero-order chi connectivity index (χ0) is 16.8. The van der Waals surface area contributed by atoms with Crippen LogP contribution in [0.2, 0.25) is 5.02 Å². The number of hydrogen-bond donors (Lipinski definition) is 2. The lowest BCUT2D eigenvalue weighted by atomic mass is 10.1. The number of hydrogen-bond acceptors (Lipinski definition) is 4. The first-order valence-corrected chi connectivity index (χ1v) is 8.22. The Morgan fingerprint density at radius 1 is 0.958 bits per heavy atom. The molecule has 24 heavy (non-hydrogen) atoms. The van der Waals surface area contributed by atoms with Crippen LogP contribution in [-0.2, 0) is 6.42 Å². The van der Waals surface area contributed by atoms with Crippen LogP contribution in [0.3, 0.4) is 0 Å². The van der Waals surface area contributed by atoms with E-state index in [4.69, 9.17) is 11.6 Å². The normalized spacial score (nSPS) is 10.4. The lowest BCUT2D eigenvalue weighted by Gasteiger charge is -2.11. The van der Waals surface area contributed by atoms with Gasteiger partial charge in [-0.1, -0.05) is 48.0 Å². The molecule has 4 nitrogen and oxygen atoms in total. The molecule has 1 heterocycles. The monoisotopic (exact) mass is 338 g/mol. The van der Waals surface area contributed by atoms with Gasteiger partial charge in [0.2, 0.25) is 0 Å². The standard InChI is InChI=1S/C19H19ClN4/c1-14-16(20)8-5-9-17(14)24-19-12-18(22-13-23-19)21-11-10-15-6-3-2-4-7-15/h2-9,12-13H,10-11H2,1H3,(H2,21,22,23,24). The Balaban J connectivity index is 1.62. The largest absolute Gasteiger partial charge is 0.370 e. The maximum atomic E-state index is 6.15. The highest BCUT2D eigenvalue weighted by molar-refractivity contribution is 6.31. The molecule has 0 radical (unpaired) electrons. The Morgan fingerprint density at radius 2 is 1.75 bits per heavy atom. The van der Waals surface area contributed by atoms with Crippen molar-refractivity contribution in [3.63, 3.8) is 0 Å². The number of aromatic nitrogens is 2. The van der Waals surface area contributed by atoms with Crippen molar-refractivity contribution < 1.29 is 0 Å². The first-order chi connectivity index (χ1) is 11.7. The highest BCUT2D eigenvalue weighted by Gasteiger charge is 2.04. The zero-order valence-corrected chi connectivity index (χ0v) is 14.2.